The Kier molecular flexibility index (Phi) is 3.16. The van der Waals surface area contributed by atoms with Crippen LogP contribution in [-0.2, 0) is 12.8 Å². The van der Waals surface area contributed by atoms with E-state index < -0.39 is 0 Å². The van der Waals surface area contributed by atoms with Crippen molar-refractivity contribution in [2.24, 2.45) is 11.3 Å². The van der Waals surface area contributed by atoms with Gasteiger partial charge in [-0.05, 0) is 46.5 Å². The highest BCUT2D eigenvalue weighted by atomic mass is 79.9. The lowest BCUT2D eigenvalue weighted by Gasteiger charge is -2.36. The molecule has 1 atom stereocenters. The standard InChI is InChI=1S/C15H20BrN3/c1-4-15(2,3)10-5-6-12-13(7-10)19-9-11(16)8-17-14(19)18-12/h8-10H,4-7H2,1-3H3. The van der Waals surface area contributed by atoms with Crippen LogP contribution in [0, 0.1) is 11.3 Å². The number of rotatable bonds is 2. The molecule has 0 aromatic carbocycles. The summed E-state index contributed by atoms with van der Waals surface area (Å²) in [6, 6.07) is 0. The molecule has 0 radical (unpaired) electrons. The zero-order valence-electron chi connectivity index (χ0n) is 11.8. The van der Waals surface area contributed by atoms with Crippen molar-refractivity contribution in [2.75, 3.05) is 0 Å². The smallest absolute Gasteiger partial charge is 0.234 e. The molecule has 2 heterocycles. The number of nitrogens with zero attached hydrogens (tertiary/aromatic N) is 3. The van der Waals surface area contributed by atoms with E-state index in [1.54, 1.807) is 0 Å². The molecule has 0 amide bonds. The van der Waals surface area contributed by atoms with Gasteiger partial charge in [0.15, 0.2) is 0 Å². The molecular formula is C15H20BrN3. The first-order valence-corrected chi connectivity index (χ1v) is 7.82. The molecule has 1 unspecified atom stereocenters. The third kappa shape index (κ3) is 2.20. The Morgan fingerprint density at radius 3 is 3.00 bits per heavy atom. The number of aromatic nitrogens is 3. The highest BCUT2D eigenvalue weighted by Gasteiger charge is 2.33. The molecular weight excluding hydrogens is 302 g/mol. The molecule has 0 N–H and O–H groups in total. The minimum absolute atomic E-state index is 0.404. The fraction of sp³-hybridized carbons (Fsp3) is 0.600. The Hall–Kier alpha value is -0.900. The van der Waals surface area contributed by atoms with E-state index >= 15 is 0 Å². The van der Waals surface area contributed by atoms with Crippen LogP contribution in [-0.4, -0.2) is 14.4 Å². The van der Waals surface area contributed by atoms with E-state index in [2.05, 4.69) is 57.3 Å². The number of fused-ring (bicyclic) bond motifs is 3. The fourth-order valence-corrected chi connectivity index (χ4v) is 3.33. The van der Waals surface area contributed by atoms with Crippen molar-refractivity contribution < 1.29 is 0 Å². The summed E-state index contributed by atoms with van der Waals surface area (Å²) in [5.41, 5.74) is 3.01. The van der Waals surface area contributed by atoms with Gasteiger partial charge in [-0.15, -0.1) is 0 Å². The highest BCUT2D eigenvalue weighted by Crippen LogP contribution is 2.39. The first-order valence-electron chi connectivity index (χ1n) is 7.02. The number of hydrogen-bond acceptors (Lipinski definition) is 2. The third-order valence-electron chi connectivity index (χ3n) is 4.82. The molecule has 1 aliphatic rings. The Balaban J connectivity index is 2.04. The Labute approximate surface area is 122 Å². The molecule has 0 bridgehead atoms. The van der Waals surface area contributed by atoms with E-state index in [1.165, 1.54) is 24.2 Å². The van der Waals surface area contributed by atoms with Gasteiger partial charge in [0, 0.05) is 18.1 Å². The van der Waals surface area contributed by atoms with Crippen molar-refractivity contribution in [3.63, 3.8) is 0 Å². The zero-order valence-corrected chi connectivity index (χ0v) is 13.4. The molecule has 0 saturated carbocycles. The van der Waals surface area contributed by atoms with Crippen molar-refractivity contribution in [1.82, 2.24) is 14.4 Å². The Morgan fingerprint density at radius 1 is 1.47 bits per heavy atom. The molecule has 1 aliphatic carbocycles. The second-order valence-corrected chi connectivity index (χ2v) is 7.14. The summed E-state index contributed by atoms with van der Waals surface area (Å²) in [7, 11) is 0. The van der Waals surface area contributed by atoms with Gasteiger partial charge in [-0.1, -0.05) is 27.2 Å². The van der Waals surface area contributed by atoms with E-state index in [0.717, 1.165) is 29.0 Å². The van der Waals surface area contributed by atoms with E-state index in [-0.39, 0.29) is 0 Å². The molecule has 0 aliphatic heterocycles. The molecule has 3 rings (SSSR count). The minimum Gasteiger partial charge on any atom is -0.287 e. The first kappa shape index (κ1) is 13.1. The van der Waals surface area contributed by atoms with Crippen LogP contribution >= 0.6 is 15.9 Å². The lowest BCUT2D eigenvalue weighted by molar-refractivity contribution is 0.180. The highest BCUT2D eigenvalue weighted by molar-refractivity contribution is 9.10. The van der Waals surface area contributed by atoms with Crippen molar-refractivity contribution >= 4 is 21.7 Å². The van der Waals surface area contributed by atoms with Gasteiger partial charge in [-0.25, -0.2) is 9.97 Å². The maximum absolute atomic E-state index is 4.67. The number of aryl methyl sites for hydroxylation is 1. The van der Waals surface area contributed by atoms with Gasteiger partial charge < -0.3 is 0 Å². The van der Waals surface area contributed by atoms with Crippen LogP contribution in [0.2, 0.25) is 0 Å². The molecule has 0 fully saturated rings. The third-order valence-corrected chi connectivity index (χ3v) is 5.23. The monoisotopic (exact) mass is 321 g/mol. The van der Waals surface area contributed by atoms with Gasteiger partial charge >= 0.3 is 0 Å². The summed E-state index contributed by atoms with van der Waals surface area (Å²) in [6.45, 7) is 7.07. The van der Waals surface area contributed by atoms with Crippen molar-refractivity contribution in [2.45, 2.75) is 46.5 Å². The maximum Gasteiger partial charge on any atom is 0.234 e. The van der Waals surface area contributed by atoms with Crippen LogP contribution in [0.15, 0.2) is 16.9 Å². The molecule has 19 heavy (non-hydrogen) atoms. The van der Waals surface area contributed by atoms with Crippen LogP contribution in [0.25, 0.3) is 5.78 Å². The summed E-state index contributed by atoms with van der Waals surface area (Å²) in [6.07, 6.45) is 8.60. The van der Waals surface area contributed by atoms with Gasteiger partial charge in [0.2, 0.25) is 5.78 Å². The molecule has 4 heteroatoms. The van der Waals surface area contributed by atoms with Crippen LogP contribution in [0.4, 0.5) is 0 Å². The van der Waals surface area contributed by atoms with Crippen LogP contribution in [0.3, 0.4) is 0 Å². The maximum atomic E-state index is 4.67. The lowest BCUT2D eigenvalue weighted by Crippen LogP contribution is -2.29. The SMILES string of the molecule is CCC(C)(C)C1CCc2nc3ncc(Br)cn3c2C1. The molecule has 3 nitrogen and oxygen atoms in total. The van der Waals surface area contributed by atoms with Crippen LogP contribution in [0.5, 0.6) is 0 Å². The summed E-state index contributed by atoms with van der Waals surface area (Å²) in [5.74, 6) is 1.58. The average Bonchev–Trinajstić information content (AvgIpc) is 2.76. The molecule has 0 saturated heterocycles. The Bertz CT molecular complexity index is 615. The van der Waals surface area contributed by atoms with E-state index in [9.17, 15) is 0 Å². The van der Waals surface area contributed by atoms with Gasteiger partial charge in [0.1, 0.15) is 0 Å². The summed E-state index contributed by atoms with van der Waals surface area (Å²) in [4.78, 5) is 9.07. The number of halogens is 1. The number of hydrogen-bond donors (Lipinski definition) is 0. The van der Waals surface area contributed by atoms with Gasteiger partial charge in [-0.2, -0.15) is 0 Å². The molecule has 0 spiro atoms. The second kappa shape index (κ2) is 4.58. The van der Waals surface area contributed by atoms with Crippen LogP contribution < -0.4 is 0 Å². The topological polar surface area (TPSA) is 30.2 Å². The fourth-order valence-electron chi connectivity index (χ4n) is 3.02. The normalized spacial score (nSPS) is 19.7. The van der Waals surface area contributed by atoms with Crippen molar-refractivity contribution in [3.05, 3.63) is 28.3 Å². The largest absolute Gasteiger partial charge is 0.287 e. The molecule has 2 aromatic heterocycles. The predicted molar refractivity (Wildman–Crippen MR) is 80.3 cm³/mol. The van der Waals surface area contributed by atoms with Gasteiger partial charge in [0.05, 0.1) is 10.2 Å². The van der Waals surface area contributed by atoms with Crippen molar-refractivity contribution in [3.8, 4) is 0 Å². The Morgan fingerprint density at radius 2 is 2.26 bits per heavy atom. The van der Waals surface area contributed by atoms with Gasteiger partial charge in [0.25, 0.3) is 0 Å². The molecule has 102 valence electrons. The predicted octanol–water partition coefficient (Wildman–Crippen LogP) is 4.03. The minimum atomic E-state index is 0.404. The average molecular weight is 322 g/mol. The number of imidazole rings is 1. The van der Waals surface area contributed by atoms with E-state index in [4.69, 9.17) is 0 Å². The van der Waals surface area contributed by atoms with Crippen LogP contribution in [0.1, 0.15) is 45.0 Å². The summed E-state index contributed by atoms with van der Waals surface area (Å²) in [5, 5.41) is 0. The van der Waals surface area contributed by atoms with Gasteiger partial charge in [-0.3, -0.25) is 4.40 Å². The molecule has 2 aromatic rings. The zero-order chi connectivity index (χ0) is 13.6. The first-order chi connectivity index (χ1) is 9.01. The second-order valence-electron chi connectivity index (χ2n) is 6.23. The summed E-state index contributed by atoms with van der Waals surface area (Å²) < 4.78 is 3.18. The van der Waals surface area contributed by atoms with Crippen molar-refractivity contribution in [1.29, 1.82) is 0 Å². The van der Waals surface area contributed by atoms with E-state index in [0.29, 0.717) is 5.41 Å². The lowest BCUT2D eigenvalue weighted by atomic mass is 9.70. The summed E-state index contributed by atoms with van der Waals surface area (Å²) >= 11 is 3.50. The van der Waals surface area contributed by atoms with E-state index in [1.807, 2.05) is 6.20 Å². The quantitative estimate of drug-likeness (QED) is 0.835.